The van der Waals surface area contributed by atoms with E-state index in [1.165, 1.54) is 12.8 Å². The number of aryl methyl sites for hydroxylation is 2. The van der Waals surface area contributed by atoms with Gasteiger partial charge < -0.3 is 14.8 Å². The van der Waals surface area contributed by atoms with Crippen molar-refractivity contribution in [1.82, 2.24) is 14.9 Å². The molecule has 4 nitrogen and oxygen atoms in total. The van der Waals surface area contributed by atoms with Crippen LogP contribution in [0.5, 0.6) is 0 Å². The average molecular weight is 250 g/mol. The Labute approximate surface area is 110 Å². The van der Waals surface area contributed by atoms with Crippen LogP contribution in [0.2, 0.25) is 0 Å². The number of hydrogen-bond acceptors (Lipinski definition) is 3. The minimum absolute atomic E-state index is 0.299. The van der Waals surface area contributed by atoms with Crippen LogP contribution in [-0.2, 0) is 6.54 Å². The van der Waals surface area contributed by atoms with E-state index in [1.54, 1.807) is 0 Å². The van der Waals surface area contributed by atoms with Crippen molar-refractivity contribution in [2.45, 2.75) is 52.1 Å². The third-order valence-electron chi connectivity index (χ3n) is 4.09. The molecule has 1 saturated heterocycles. The third kappa shape index (κ3) is 2.69. The van der Waals surface area contributed by atoms with E-state index in [1.807, 2.05) is 0 Å². The highest BCUT2D eigenvalue weighted by Crippen LogP contribution is 2.25. The molecular formula is C14H26N4. The molecule has 1 aliphatic heterocycles. The summed E-state index contributed by atoms with van der Waals surface area (Å²) >= 11 is 0. The zero-order valence-corrected chi connectivity index (χ0v) is 12.2. The summed E-state index contributed by atoms with van der Waals surface area (Å²) in [5.74, 6) is 1.16. The van der Waals surface area contributed by atoms with Crippen LogP contribution in [-0.4, -0.2) is 35.2 Å². The van der Waals surface area contributed by atoms with Gasteiger partial charge in [-0.05, 0) is 40.2 Å². The van der Waals surface area contributed by atoms with Crippen molar-refractivity contribution in [3.63, 3.8) is 0 Å². The van der Waals surface area contributed by atoms with Crippen molar-refractivity contribution >= 4 is 5.95 Å². The number of aromatic nitrogens is 2. The SMILES string of the molecule is CCCn1cc(C)nc1N1CCC(C)(NC)CC1. The highest BCUT2D eigenvalue weighted by molar-refractivity contribution is 5.34. The minimum Gasteiger partial charge on any atom is -0.342 e. The monoisotopic (exact) mass is 250 g/mol. The van der Waals surface area contributed by atoms with E-state index in [9.17, 15) is 0 Å². The van der Waals surface area contributed by atoms with E-state index in [-0.39, 0.29) is 0 Å². The van der Waals surface area contributed by atoms with E-state index in [2.05, 4.69) is 48.8 Å². The Morgan fingerprint density at radius 1 is 1.39 bits per heavy atom. The molecule has 1 aliphatic rings. The molecule has 0 bridgehead atoms. The van der Waals surface area contributed by atoms with Crippen LogP contribution in [0.1, 0.15) is 38.8 Å². The quantitative estimate of drug-likeness (QED) is 0.889. The maximum absolute atomic E-state index is 4.69. The molecule has 0 atom stereocenters. The largest absolute Gasteiger partial charge is 0.342 e. The number of rotatable bonds is 4. The maximum Gasteiger partial charge on any atom is 0.205 e. The van der Waals surface area contributed by atoms with Crippen molar-refractivity contribution in [1.29, 1.82) is 0 Å². The predicted molar refractivity (Wildman–Crippen MR) is 76.2 cm³/mol. The molecule has 4 heteroatoms. The van der Waals surface area contributed by atoms with Crippen molar-refractivity contribution in [2.75, 3.05) is 25.0 Å². The van der Waals surface area contributed by atoms with Gasteiger partial charge in [-0.2, -0.15) is 0 Å². The molecule has 102 valence electrons. The van der Waals surface area contributed by atoms with Gasteiger partial charge >= 0.3 is 0 Å². The van der Waals surface area contributed by atoms with Gasteiger partial charge in [-0.15, -0.1) is 0 Å². The van der Waals surface area contributed by atoms with Crippen molar-refractivity contribution < 1.29 is 0 Å². The van der Waals surface area contributed by atoms with Gasteiger partial charge in [0, 0.05) is 31.4 Å². The molecule has 1 aromatic rings. The molecule has 0 radical (unpaired) electrons. The van der Waals surface area contributed by atoms with Gasteiger partial charge in [-0.25, -0.2) is 4.98 Å². The molecule has 0 saturated carbocycles. The number of nitrogens with one attached hydrogen (secondary N) is 1. The number of piperidine rings is 1. The second-order valence-electron chi connectivity index (χ2n) is 5.67. The Balaban J connectivity index is 2.09. The minimum atomic E-state index is 0.299. The Morgan fingerprint density at radius 3 is 2.61 bits per heavy atom. The van der Waals surface area contributed by atoms with Crippen LogP contribution >= 0.6 is 0 Å². The lowest BCUT2D eigenvalue weighted by atomic mass is 9.90. The lowest BCUT2D eigenvalue weighted by molar-refractivity contribution is 0.302. The summed E-state index contributed by atoms with van der Waals surface area (Å²) in [7, 11) is 2.07. The Bertz CT molecular complexity index is 388. The van der Waals surface area contributed by atoms with Gasteiger partial charge in [0.25, 0.3) is 0 Å². The second-order valence-corrected chi connectivity index (χ2v) is 5.67. The number of anilines is 1. The van der Waals surface area contributed by atoms with Gasteiger partial charge in [0.05, 0.1) is 5.69 Å². The summed E-state index contributed by atoms with van der Waals surface area (Å²) in [5, 5.41) is 3.44. The highest BCUT2D eigenvalue weighted by atomic mass is 15.3. The summed E-state index contributed by atoms with van der Waals surface area (Å²) in [6.07, 6.45) is 5.69. The summed E-state index contributed by atoms with van der Waals surface area (Å²) in [6.45, 7) is 9.86. The first kappa shape index (κ1) is 13.4. The molecule has 2 heterocycles. The highest BCUT2D eigenvalue weighted by Gasteiger charge is 2.29. The summed E-state index contributed by atoms with van der Waals surface area (Å²) in [4.78, 5) is 7.13. The van der Waals surface area contributed by atoms with E-state index in [0.717, 1.165) is 37.7 Å². The van der Waals surface area contributed by atoms with Gasteiger partial charge in [0.2, 0.25) is 5.95 Å². The van der Waals surface area contributed by atoms with E-state index in [4.69, 9.17) is 4.98 Å². The Kier molecular flexibility index (Phi) is 3.95. The summed E-state index contributed by atoms with van der Waals surface area (Å²) in [5.41, 5.74) is 1.42. The third-order valence-corrected chi connectivity index (χ3v) is 4.09. The molecule has 0 aromatic carbocycles. The van der Waals surface area contributed by atoms with Crippen LogP contribution in [0.25, 0.3) is 0 Å². The van der Waals surface area contributed by atoms with Gasteiger partial charge in [-0.3, -0.25) is 0 Å². The van der Waals surface area contributed by atoms with Crippen LogP contribution < -0.4 is 10.2 Å². The number of imidazole rings is 1. The molecule has 0 amide bonds. The fourth-order valence-corrected chi connectivity index (χ4v) is 2.64. The molecule has 1 aromatic heterocycles. The average Bonchev–Trinajstić information content (AvgIpc) is 2.72. The first-order valence-electron chi connectivity index (χ1n) is 7.05. The maximum atomic E-state index is 4.69. The lowest BCUT2D eigenvalue weighted by Gasteiger charge is -2.39. The lowest BCUT2D eigenvalue weighted by Crippen LogP contribution is -2.50. The predicted octanol–water partition coefficient (Wildman–Crippen LogP) is 2.18. The molecule has 1 fully saturated rings. The van der Waals surface area contributed by atoms with Crippen molar-refractivity contribution in [3.8, 4) is 0 Å². The molecule has 0 unspecified atom stereocenters. The van der Waals surface area contributed by atoms with E-state index >= 15 is 0 Å². The smallest absolute Gasteiger partial charge is 0.205 e. The fourth-order valence-electron chi connectivity index (χ4n) is 2.64. The summed E-state index contributed by atoms with van der Waals surface area (Å²) in [6, 6.07) is 0. The standard InChI is InChI=1S/C14H26N4/c1-5-8-18-11-12(2)16-13(18)17-9-6-14(3,15-4)7-10-17/h11,15H,5-10H2,1-4H3. The summed E-state index contributed by atoms with van der Waals surface area (Å²) < 4.78 is 2.30. The second kappa shape index (κ2) is 5.31. The molecule has 2 rings (SSSR count). The van der Waals surface area contributed by atoms with Crippen LogP contribution in [0, 0.1) is 6.92 Å². The van der Waals surface area contributed by atoms with Crippen molar-refractivity contribution in [2.24, 2.45) is 0 Å². The first-order valence-corrected chi connectivity index (χ1v) is 7.05. The van der Waals surface area contributed by atoms with E-state index in [0.29, 0.717) is 5.54 Å². The molecule has 1 N–H and O–H groups in total. The van der Waals surface area contributed by atoms with Gasteiger partial charge in [0.1, 0.15) is 0 Å². The topological polar surface area (TPSA) is 33.1 Å². The normalized spacial score (nSPS) is 19.2. The molecule has 0 aliphatic carbocycles. The van der Waals surface area contributed by atoms with Gasteiger partial charge in [0.15, 0.2) is 0 Å². The van der Waals surface area contributed by atoms with Crippen LogP contribution in [0.4, 0.5) is 5.95 Å². The molecular weight excluding hydrogens is 224 g/mol. The zero-order chi connectivity index (χ0) is 13.2. The van der Waals surface area contributed by atoms with E-state index < -0.39 is 0 Å². The Morgan fingerprint density at radius 2 is 2.06 bits per heavy atom. The van der Waals surface area contributed by atoms with Gasteiger partial charge in [-0.1, -0.05) is 6.92 Å². The fraction of sp³-hybridized carbons (Fsp3) is 0.786. The molecule has 0 spiro atoms. The Hall–Kier alpha value is -1.03. The van der Waals surface area contributed by atoms with Crippen molar-refractivity contribution in [3.05, 3.63) is 11.9 Å². The first-order chi connectivity index (χ1) is 8.58. The van der Waals surface area contributed by atoms with Crippen LogP contribution in [0.3, 0.4) is 0 Å². The molecule has 18 heavy (non-hydrogen) atoms. The van der Waals surface area contributed by atoms with Crippen LogP contribution in [0.15, 0.2) is 6.20 Å². The zero-order valence-electron chi connectivity index (χ0n) is 12.2. The number of hydrogen-bond donors (Lipinski definition) is 1. The number of nitrogens with zero attached hydrogens (tertiary/aromatic N) is 3.